The number of hydrogen-bond donors (Lipinski definition) is 1. The molecule has 1 aliphatic rings. The number of benzene rings is 1. The number of nitrogens with one attached hydrogen (secondary N) is 1. The molecule has 0 radical (unpaired) electrons. The molecule has 0 bridgehead atoms. The summed E-state index contributed by atoms with van der Waals surface area (Å²) in [5, 5.41) is 3.01. The van der Waals surface area contributed by atoms with Gasteiger partial charge in [-0.15, -0.1) is 0 Å². The molecule has 1 saturated carbocycles. The van der Waals surface area contributed by atoms with Gasteiger partial charge in [0.1, 0.15) is 5.75 Å². The molecule has 0 atom stereocenters. The number of carbonyl (C=O) groups is 1. The van der Waals surface area contributed by atoms with E-state index in [1.165, 1.54) is 11.1 Å². The SMILES string of the molecule is CCOc1cc(C)c(CCNC(=O)C2CC2)cc1C. The summed E-state index contributed by atoms with van der Waals surface area (Å²) in [5.41, 5.74) is 3.68. The molecule has 1 N–H and O–H groups in total. The third kappa shape index (κ3) is 3.72. The van der Waals surface area contributed by atoms with Gasteiger partial charge in [-0.1, -0.05) is 6.07 Å². The molecule has 0 heterocycles. The molecular weight excluding hydrogens is 238 g/mol. The molecule has 0 aliphatic heterocycles. The molecule has 2 rings (SSSR count). The van der Waals surface area contributed by atoms with Crippen LogP contribution in [0.4, 0.5) is 0 Å². The summed E-state index contributed by atoms with van der Waals surface area (Å²) < 4.78 is 5.59. The van der Waals surface area contributed by atoms with Crippen LogP contribution in [0.15, 0.2) is 12.1 Å². The van der Waals surface area contributed by atoms with Gasteiger partial charge in [-0.25, -0.2) is 0 Å². The molecule has 1 aromatic rings. The first kappa shape index (κ1) is 13.9. The van der Waals surface area contributed by atoms with Gasteiger partial charge in [0.25, 0.3) is 0 Å². The van der Waals surface area contributed by atoms with E-state index in [9.17, 15) is 4.79 Å². The standard InChI is InChI=1S/C16H23NO2/c1-4-19-15-10-11(2)14(9-12(15)3)7-8-17-16(18)13-5-6-13/h9-10,13H,4-8H2,1-3H3,(H,17,18). The Balaban J connectivity index is 1.92. The highest BCUT2D eigenvalue weighted by atomic mass is 16.5. The number of amides is 1. The second-order valence-corrected chi connectivity index (χ2v) is 5.29. The van der Waals surface area contributed by atoms with Crippen molar-refractivity contribution in [3.05, 3.63) is 28.8 Å². The molecule has 1 amide bonds. The number of rotatable bonds is 6. The highest BCUT2D eigenvalue weighted by Gasteiger charge is 2.28. The molecule has 0 spiro atoms. The largest absolute Gasteiger partial charge is 0.494 e. The van der Waals surface area contributed by atoms with E-state index in [1.807, 2.05) is 6.92 Å². The molecule has 104 valence electrons. The van der Waals surface area contributed by atoms with Crippen molar-refractivity contribution in [2.45, 2.75) is 40.0 Å². The maximum atomic E-state index is 11.6. The molecule has 19 heavy (non-hydrogen) atoms. The van der Waals surface area contributed by atoms with Gasteiger partial charge in [-0.05, 0) is 62.8 Å². The molecular formula is C16H23NO2. The highest BCUT2D eigenvalue weighted by molar-refractivity contribution is 5.80. The Morgan fingerprint density at radius 1 is 1.32 bits per heavy atom. The van der Waals surface area contributed by atoms with Crippen LogP contribution in [0.1, 0.15) is 36.5 Å². The Bertz CT molecular complexity index is 464. The second kappa shape index (κ2) is 6.09. The van der Waals surface area contributed by atoms with Gasteiger partial charge in [-0.3, -0.25) is 4.79 Å². The second-order valence-electron chi connectivity index (χ2n) is 5.29. The Morgan fingerprint density at radius 2 is 2.05 bits per heavy atom. The zero-order valence-corrected chi connectivity index (χ0v) is 12.1. The van der Waals surface area contributed by atoms with E-state index < -0.39 is 0 Å². The van der Waals surface area contributed by atoms with Crippen LogP contribution in [-0.4, -0.2) is 19.1 Å². The van der Waals surface area contributed by atoms with Crippen LogP contribution in [0.3, 0.4) is 0 Å². The van der Waals surface area contributed by atoms with E-state index in [2.05, 4.69) is 31.3 Å². The number of carbonyl (C=O) groups excluding carboxylic acids is 1. The summed E-state index contributed by atoms with van der Waals surface area (Å²) in [6.45, 7) is 7.58. The monoisotopic (exact) mass is 261 g/mol. The van der Waals surface area contributed by atoms with E-state index in [-0.39, 0.29) is 5.91 Å². The minimum Gasteiger partial charge on any atom is -0.494 e. The average molecular weight is 261 g/mol. The van der Waals surface area contributed by atoms with E-state index >= 15 is 0 Å². The van der Waals surface area contributed by atoms with Crippen molar-refractivity contribution in [1.29, 1.82) is 0 Å². The lowest BCUT2D eigenvalue weighted by atomic mass is 10.0. The van der Waals surface area contributed by atoms with Crippen LogP contribution < -0.4 is 10.1 Å². The van der Waals surface area contributed by atoms with E-state index in [1.54, 1.807) is 0 Å². The third-order valence-corrected chi connectivity index (χ3v) is 3.58. The lowest BCUT2D eigenvalue weighted by Gasteiger charge is -2.13. The van der Waals surface area contributed by atoms with Crippen molar-refractivity contribution in [3.8, 4) is 5.75 Å². The van der Waals surface area contributed by atoms with Gasteiger partial charge in [0.15, 0.2) is 0 Å². The van der Waals surface area contributed by atoms with Crippen LogP contribution in [0.2, 0.25) is 0 Å². The normalized spacial score (nSPS) is 14.3. The summed E-state index contributed by atoms with van der Waals surface area (Å²) >= 11 is 0. The Kier molecular flexibility index (Phi) is 4.46. The molecule has 0 saturated heterocycles. The quantitative estimate of drug-likeness (QED) is 0.855. The minimum atomic E-state index is 0.223. The van der Waals surface area contributed by atoms with Crippen molar-refractivity contribution >= 4 is 5.91 Å². The van der Waals surface area contributed by atoms with Crippen molar-refractivity contribution in [1.82, 2.24) is 5.32 Å². The molecule has 1 aromatic carbocycles. The fourth-order valence-corrected chi connectivity index (χ4v) is 2.24. The van der Waals surface area contributed by atoms with Gasteiger partial charge < -0.3 is 10.1 Å². The Hall–Kier alpha value is -1.51. The summed E-state index contributed by atoms with van der Waals surface area (Å²) in [5.74, 6) is 1.48. The lowest BCUT2D eigenvalue weighted by Crippen LogP contribution is -2.27. The summed E-state index contributed by atoms with van der Waals surface area (Å²) in [6.07, 6.45) is 3.01. The fraction of sp³-hybridized carbons (Fsp3) is 0.562. The first-order valence-corrected chi connectivity index (χ1v) is 7.12. The Labute approximate surface area is 115 Å². The predicted molar refractivity (Wildman–Crippen MR) is 76.5 cm³/mol. The molecule has 3 nitrogen and oxygen atoms in total. The van der Waals surface area contributed by atoms with Gasteiger partial charge in [0, 0.05) is 12.5 Å². The van der Waals surface area contributed by atoms with Gasteiger partial charge >= 0.3 is 0 Å². The molecule has 0 aromatic heterocycles. The predicted octanol–water partition coefficient (Wildman–Crippen LogP) is 2.77. The molecule has 3 heteroatoms. The van der Waals surface area contributed by atoms with Gasteiger partial charge in [0.05, 0.1) is 6.61 Å². The third-order valence-electron chi connectivity index (χ3n) is 3.58. The lowest BCUT2D eigenvalue weighted by molar-refractivity contribution is -0.122. The molecule has 1 aliphatic carbocycles. The average Bonchev–Trinajstić information content (AvgIpc) is 3.19. The zero-order chi connectivity index (χ0) is 13.8. The van der Waals surface area contributed by atoms with Crippen LogP contribution >= 0.6 is 0 Å². The Morgan fingerprint density at radius 3 is 2.68 bits per heavy atom. The van der Waals surface area contributed by atoms with Crippen LogP contribution in [0.25, 0.3) is 0 Å². The maximum Gasteiger partial charge on any atom is 0.223 e. The number of aryl methyl sites for hydroxylation is 2. The number of hydrogen-bond acceptors (Lipinski definition) is 2. The fourth-order valence-electron chi connectivity index (χ4n) is 2.24. The number of ether oxygens (including phenoxy) is 1. The minimum absolute atomic E-state index is 0.223. The first-order chi connectivity index (χ1) is 9.11. The van der Waals surface area contributed by atoms with Crippen LogP contribution in [0, 0.1) is 19.8 Å². The van der Waals surface area contributed by atoms with Crippen molar-refractivity contribution in [3.63, 3.8) is 0 Å². The van der Waals surface area contributed by atoms with Crippen molar-refractivity contribution < 1.29 is 9.53 Å². The van der Waals surface area contributed by atoms with Crippen LogP contribution in [-0.2, 0) is 11.2 Å². The van der Waals surface area contributed by atoms with Gasteiger partial charge in [-0.2, -0.15) is 0 Å². The summed E-state index contributed by atoms with van der Waals surface area (Å²) in [4.78, 5) is 11.6. The summed E-state index contributed by atoms with van der Waals surface area (Å²) in [7, 11) is 0. The van der Waals surface area contributed by atoms with E-state index in [0.717, 1.165) is 37.1 Å². The van der Waals surface area contributed by atoms with Crippen molar-refractivity contribution in [2.24, 2.45) is 5.92 Å². The van der Waals surface area contributed by atoms with E-state index in [0.29, 0.717) is 12.5 Å². The topological polar surface area (TPSA) is 38.3 Å². The molecule has 1 fully saturated rings. The van der Waals surface area contributed by atoms with Crippen molar-refractivity contribution in [2.75, 3.05) is 13.2 Å². The zero-order valence-electron chi connectivity index (χ0n) is 12.1. The highest BCUT2D eigenvalue weighted by Crippen LogP contribution is 2.28. The van der Waals surface area contributed by atoms with Gasteiger partial charge in [0.2, 0.25) is 5.91 Å². The molecule has 0 unspecified atom stereocenters. The van der Waals surface area contributed by atoms with Crippen LogP contribution in [0.5, 0.6) is 5.75 Å². The summed E-state index contributed by atoms with van der Waals surface area (Å²) in [6, 6.07) is 4.26. The van der Waals surface area contributed by atoms with E-state index in [4.69, 9.17) is 4.74 Å². The first-order valence-electron chi connectivity index (χ1n) is 7.12. The maximum absolute atomic E-state index is 11.6. The smallest absolute Gasteiger partial charge is 0.223 e.